The van der Waals surface area contributed by atoms with Gasteiger partial charge in [0.25, 0.3) is 0 Å². The summed E-state index contributed by atoms with van der Waals surface area (Å²) in [4.78, 5) is 0. The van der Waals surface area contributed by atoms with E-state index in [1.807, 2.05) is 0 Å². The topological polar surface area (TPSA) is 52.5 Å². The molecule has 0 heterocycles. The lowest BCUT2D eigenvalue weighted by molar-refractivity contribution is 0.189. The van der Waals surface area contributed by atoms with Crippen molar-refractivity contribution >= 4 is 0 Å². The molecule has 1 unspecified atom stereocenters. The normalized spacial score (nSPS) is 13.7. The monoisotopic (exact) mass is 133 g/mol. The first-order valence-electron chi connectivity index (χ1n) is 3.27. The highest BCUT2D eigenvalue weighted by Gasteiger charge is 1.91. The fourth-order valence-corrected chi connectivity index (χ4v) is 0.515. The Labute approximate surface area is 55.7 Å². The molecule has 0 aromatic heterocycles. The van der Waals surface area contributed by atoms with Crippen LogP contribution in [0.3, 0.4) is 0 Å². The van der Waals surface area contributed by atoms with Gasteiger partial charge in [0.15, 0.2) is 0 Å². The molecule has 1 atom stereocenters. The Balaban J connectivity index is 2.75. The van der Waals surface area contributed by atoms with Crippen molar-refractivity contribution in [2.45, 2.75) is 19.4 Å². The van der Waals surface area contributed by atoms with Crippen molar-refractivity contribution in [2.75, 3.05) is 19.7 Å². The molecular weight excluding hydrogens is 118 g/mol. The Hall–Kier alpha value is -0.120. The Morgan fingerprint density at radius 1 is 1.56 bits per heavy atom. The first-order chi connectivity index (χ1) is 4.27. The largest absolute Gasteiger partial charge is 0.396 e. The highest BCUT2D eigenvalue weighted by Crippen LogP contribution is 1.75. The Kier molecular flexibility index (Phi) is 5.93. The number of aliphatic hydroxyl groups excluding tert-OH is 2. The van der Waals surface area contributed by atoms with E-state index in [-0.39, 0.29) is 12.7 Å². The zero-order chi connectivity index (χ0) is 7.11. The van der Waals surface area contributed by atoms with Gasteiger partial charge in [-0.1, -0.05) is 0 Å². The van der Waals surface area contributed by atoms with Gasteiger partial charge in [-0.05, 0) is 19.9 Å². The van der Waals surface area contributed by atoms with Crippen molar-refractivity contribution in [3.63, 3.8) is 0 Å². The number of hydrogen-bond donors (Lipinski definition) is 3. The van der Waals surface area contributed by atoms with Gasteiger partial charge in [0.1, 0.15) is 0 Å². The minimum absolute atomic E-state index is 0.215. The molecule has 3 heteroatoms. The molecule has 0 aliphatic heterocycles. The van der Waals surface area contributed by atoms with Crippen LogP contribution >= 0.6 is 0 Å². The summed E-state index contributed by atoms with van der Waals surface area (Å²) in [5, 5.41) is 20.0. The van der Waals surface area contributed by atoms with Gasteiger partial charge < -0.3 is 15.5 Å². The fourth-order valence-electron chi connectivity index (χ4n) is 0.515. The summed E-state index contributed by atoms with van der Waals surface area (Å²) in [5.74, 6) is 0. The second-order valence-electron chi connectivity index (χ2n) is 2.13. The molecule has 0 aliphatic carbocycles. The third kappa shape index (κ3) is 7.88. The summed E-state index contributed by atoms with van der Waals surface area (Å²) in [6, 6.07) is 0. The van der Waals surface area contributed by atoms with Crippen LogP contribution in [-0.2, 0) is 0 Å². The zero-order valence-corrected chi connectivity index (χ0v) is 5.80. The van der Waals surface area contributed by atoms with Crippen LogP contribution in [0.15, 0.2) is 0 Å². The van der Waals surface area contributed by atoms with Crippen LogP contribution < -0.4 is 5.32 Å². The average molecular weight is 133 g/mol. The van der Waals surface area contributed by atoms with E-state index in [9.17, 15) is 0 Å². The molecule has 0 aromatic rings. The van der Waals surface area contributed by atoms with Crippen molar-refractivity contribution in [3.05, 3.63) is 0 Å². The SMILES string of the molecule is CC(O)CNCCCO. The molecule has 0 saturated heterocycles. The van der Waals surface area contributed by atoms with Crippen LogP contribution in [0.5, 0.6) is 0 Å². The van der Waals surface area contributed by atoms with E-state index in [1.165, 1.54) is 0 Å². The maximum absolute atomic E-state index is 8.73. The quantitative estimate of drug-likeness (QED) is 0.436. The lowest BCUT2D eigenvalue weighted by Crippen LogP contribution is -2.25. The van der Waals surface area contributed by atoms with Gasteiger partial charge in [-0.15, -0.1) is 0 Å². The second kappa shape index (κ2) is 6.01. The summed E-state index contributed by atoms with van der Waals surface area (Å²) >= 11 is 0. The molecule has 0 radical (unpaired) electrons. The molecule has 9 heavy (non-hydrogen) atoms. The van der Waals surface area contributed by atoms with Gasteiger partial charge in [0.05, 0.1) is 6.10 Å². The van der Waals surface area contributed by atoms with Crippen LogP contribution in [0.2, 0.25) is 0 Å². The average Bonchev–Trinajstić information content (AvgIpc) is 1.80. The minimum atomic E-state index is -0.288. The first-order valence-corrected chi connectivity index (χ1v) is 3.27. The molecule has 3 nitrogen and oxygen atoms in total. The highest BCUT2D eigenvalue weighted by atomic mass is 16.3. The third-order valence-electron chi connectivity index (χ3n) is 0.951. The molecule has 0 spiro atoms. The fraction of sp³-hybridized carbons (Fsp3) is 1.00. The second-order valence-corrected chi connectivity index (χ2v) is 2.13. The smallest absolute Gasteiger partial charge is 0.0636 e. The summed E-state index contributed by atoms with van der Waals surface area (Å²) < 4.78 is 0. The van der Waals surface area contributed by atoms with E-state index >= 15 is 0 Å². The highest BCUT2D eigenvalue weighted by molar-refractivity contribution is 4.51. The van der Waals surface area contributed by atoms with Gasteiger partial charge in [-0.2, -0.15) is 0 Å². The van der Waals surface area contributed by atoms with Gasteiger partial charge in [-0.25, -0.2) is 0 Å². The Morgan fingerprint density at radius 2 is 2.22 bits per heavy atom. The zero-order valence-electron chi connectivity index (χ0n) is 5.80. The van der Waals surface area contributed by atoms with Crippen LogP contribution in [0.4, 0.5) is 0 Å². The summed E-state index contributed by atoms with van der Waals surface area (Å²) in [7, 11) is 0. The summed E-state index contributed by atoms with van der Waals surface area (Å²) in [5.41, 5.74) is 0. The number of nitrogens with one attached hydrogen (secondary N) is 1. The molecule has 0 aromatic carbocycles. The molecule has 3 N–H and O–H groups in total. The van der Waals surface area contributed by atoms with Gasteiger partial charge in [-0.3, -0.25) is 0 Å². The molecule has 0 aliphatic rings. The standard InChI is InChI=1S/C6H15NO2/c1-6(9)5-7-3-2-4-8/h6-9H,2-5H2,1H3. The maximum atomic E-state index is 8.73. The lowest BCUT2D eigenvalue weighted by atomic mass is 10.4. The van der Waals surface area contributed by atoms with E-state index in [4.69, 9.17) is 10.2 Å². The van der Waals surface area contributed by atoms with Crippen molar-refractivity contribution in [1.29, 1.82) is 0 Å². The molecule has 0 rings (SSSR count). The molecule has 0 saturated carbocycles. The van der Waals surface area contributed by atoms with Crippen LogP contribution in [0.1, 0.15) is 13.3 Å². The van der Waals surface area contributed by atoms with Crippen LogP contribution in [0, 0.1) is 0 Å². The van der Waals surface area contributed by atoms with Crippen LogP contribution in [0.25, 0.3) is 0 Å². The van der Waals surface area contributed by atoms with E-state index in [0.717, 1.165) is 13.0 Å². The number of aliphatic hydroxyl groups is 2. The molecule has 56 valence electrons. The van der Waals surface area contributed by atoms with Gasteiger partial charge >= 0.3 is 0 Å². The lowest BCUT2D eigenvalue weighted by Gasteiger charge is -2.04. The molecule has 0 amide bonds. The van der Waals surface area contributed by atoms with E-state index in [0.29, 0.717) is 6.54 Å². The van der Waals surface area contributed by atoms with Crippen molar-refractivity contribution in [3.8, 4) is 0 Å². The minimum Gasteiger partial charge on any atom is -0.396 e. The van der Waals surface area contributed by atoms with E-state index in [1.54, 1.807) is 6.92 Å². The van der Waals surface area contributed by atoms with Gasteiger partial charge in [0.2, 0.25) is 0 Å². The number of rotatable bonds is 5. The predicted octanol–water partition coefficient (Wildman–Crippen LogP) is -0.661. The van der Waals surface area contributed by atoms with Crippen LogP contribution in [-0.4, -0.2) is 36.0 Å². The first kappa shape index (κ1) is 8.88. The van der Waals surface area contributed by atoms with Crippen molar-refractivity contribution < 1.29 is 10.2 Å². The van der Waals surface area contributed by atoms with E-state index < -0.39 is 0 Å². The molecular formula is C6H15NO2. The maximum Gasteiger partial charge on any atom is 0.0636 e. The Morgan fingerprint density at radius 3 is 2.67 bits per heavy atom. The Bertz CT molecular complexity index is 57.0. The molecule has 0 fully saturated rings. The predicted molar refractivity (Wildman–Crippen MR) is 36.3 cm³/mol. The van der Waals surface area contributed by atoms with Crippen molar-refractivity contribution in [2.24, 2.45) is 0 Å². The third-order valence-corrected chi connectivity index (χ3v) is 0.951. The summed E-state index contributed by atoms with van der Waals surface area (Å²) in [6.07, 6.45) is 0.468. The molecule has 0 bridgehead atoms. The number of hydrogen-bond acceptors (Lipinski definition) is 3. The van der Waals surface area contributed by atoms with Gasteiger partial charge in [0, 0.05) is 13.2 Å². The van der Waals surface area contributed by atoms with E-state index in [2.05, 4.69) is 5.32 Å². The van der Waals surface area contributed by atoms with Crippen molar-refractivity contribution in [1.82, 2.24) is 5.32 Å². The summed E-state index contributed by atoms with van der Waals surface area (Å²) in [6.45, 7) is 3.33.